The van der Waals surface area contributed by atoms with E-state index in [9.17, 15) is 4.79 Å². The van der Waals surface area contributed by atoms with Crippen molar-refractivity contribution < 1.29 is 19.0 Å². The first-order valence-corrected chi connectivity index (χ1v) is 7.84. The fraction of sp³-hybridized carbons (Fsp3) is 0.562. The number of halogens is 1. The maximum Gasteiger partial charge on any atom is 0.235 e. The normalized spacial score (nSPS) is 23.0. The Kier molecular flexibility index (Phi) is 4.30. The molecule has 120 valence electrons. The Bertz CT molecular complexity index is 566. The van der Waals surface area contributed by atoms with Crippen LogP contribution in [-0.4, -0.2) is 39.1 Å². The number of amides is 1. The number of benzene rings is 1. The molecule has 1 atom stereocenters. The highest BCUT2D eigenvalue weighted by molar-refractivity contribution is 6.32. The summed E-state index contributed by atoms with van der Waals surface area (Å²) in [6.07, 6.45) is 2.50. The van der Waals surface area contributed by atoms with Crippen LogP contribution in [0.5, 0.6) is 5.75 Å². The Hall–Kier alpha value is -1.30. The standard InChI is InChI=1S/C16H20ClNO4/c1-18(11-5-6-14(20-2)13(17)10-11)15(19)12-4-3-7-16(12)21-8-9-22-16/h5-6,10,12H,3-4,7-9H2,1-2H3/t12-/m1/s1. The van der Waals surface area contributed by atoms with Crippen molar-refractivity contribution >= 4 is 23.2 Å². The summed E-state index contributed by atoms with van der Waals surface area (Å²) in [4.78, 5) is 14.5. The van der Waals surface area contributed by atoms with Gasteiger partial charge in [0.1, 0.15) is 5.75 Å². The average molecular weight is 326 g/mol. The minimum atomic E-state index is -0.721. The molecular formula is C16H20ClNO4. The Labute approximate surface area is 135 Å². The van der Waals surface area contributed by atoms with Gasteiger partial charge >= 0.3 is 0 Å². The third kappa shape index (κ3) is 2.57. The first-order valence-electron chi connectivity index (χ1n) is 7.46. The molecule has 1 saturated carbocycles. The predicted octanol–water partition coefficient (Wildman–Crippen LogP) is 2.85. The molecule has 0 bridgehead atoms. The van der Waals surface area contributed by atoms with E-state index >= 15 is 0 Å². The van der Waals surface area contributed by atoms with Gasteiger partial charge in [0.05, 0.1) is 31.3 Å². The molecule has 1 amide bonds. The number of anilines is 1. The van der Waals surface area contributed by atoms with Crippen LogP contribution in [0.25, 0.3) is 0 Å². The van der Waals surface area contributed by atoms with Crippen LogP contribution in [0.1, 0.15) is 19.3 Å². The summed E-state index contributed by atoms with van der Waals surface area (Å²) >= 11 is 6.15. The summed E-state index contributed by atoms with van der Waals surface area (Å²) in [6.45, 7) is 1.11. The van der Waals surface area contributed by atoms with E-state index in [1.54, 1.807) is 31.2 Å². The number of nitrogens with zero attached hydrogens (tertiary/aromatic N) is 1. The van der Waals surface area contributed by atoms with Gasteiger partial charge in [-0.25, -0.2) is 0 Å². The van der Waals surface area contributed by atoms with Crippen molar-refractivity contribution in [1.29, 1.82) is 0 Å². The summed E-state index contributed by atoms with van der Waals surface area (Å²) in [5, 5.41) is 0.481. The summed E-state index contributed by atoms with van der Waals surface area (Å²) in [5.41, 5.74) is 0.732. The monoisotopic (exact) mass is 325 g/mol. The van der Waals surface area contributed by atoms with Crippen LogP contribution in [0.15, 0.2) is 18.2 Å². The topological polar surface area (TPSA) is 48.0 Å². The van der Waals surface area contributed by atoms with Crippen LogP contribution < -0.4 is 9.64 Å². The Balaban J connectivity index is 1.81. The zero-order valence-electron chi connectivity index (χ0n) is 12.8. The molecule has 1 saturated heterocycles. The lowest BCUT2D eigenvalue weighted by Gasteiger charge is -2.31. The second kappa shape index (κ2) is 6.07. The van der Waals surface area contributed by atoms with Gasteiger partial charge in [-0.2, -0.15) is 0 Å². The van der Waals surface area contributed by atoms with Crippen LogP contribution in [-0.2, 0) is 14.3 Å². The molecule has 2 aliphatic rings. The van der Waals surface area contributed by atoms with Crippen molar-refractivity contribution in [2.45, 2.75) is 25.0 Å². The van der Waals surface area contributed by atoms with E-state index in [1.165, 1.54) is 0 Å². The number of rotatable bonds is 3. The van der Waals surface area contributed by atoms with Gasteiger partial charge < -0.3 is 19.1 Å². The third-order valence-electron chi connectivity index (χ3n) is 4.48. The molecule has 22 heavy (non-hydrogen) atoms. The van der Waals surface area contributed by atoms with Crippen molar-refractivity contribution in [2.75, 3.05) is 32.3 Å². The second-order valence-electron chi connectivity index (χ2n) is 5.67. The van der Waals surface area contributed by atoms with E-state index in [0.29, 0.717) is 24.0 Å². The molecular weight excluding hydrogens is 306 g/mol. The fourth-order valence-corrected chi connectivity index (χ4v) is 3.55. The van der Waals surface area contributed by atoms with Crippen LogP contribution in [0.2, 0.25) is 5.02 Å². The molecule has 1 heterocycles. The molecule has 1 spiro atoms. The minimum absolute atomic E-state index is 0.000587. The molecule has 0 N–H and O–H groups in total. The summed E-state index contributed by atoms with van der Waals surface area (Å²) in [7, 11) is 3.31. The first kappa shape index (κ1) is 15.6. The van der Waals surface area contributed by atoms with Gasteiger partial charge in [0.2, 0.25) is 5.91 Å². The molecule has 0 aromatic heterocycles. The largest absolute Gasteiger partial charge is 0.495 e. The van der Waals surface area contributed by atoms with Crippen LogP contribution in [0.3, 0.4) is 0 Å². The summed E-state index contributed by atoms with van der Waals surface area (Å²) in [5.74, 6) is -0.394. The fourth-order valence-electron chi connectivity index (χ4n) is 3.30. The lowest BCUT2D eigenvalue weighted by molar-refractivity contribution is -0.185. The van der Waals surface area contributed by atoms with E-state index in [4.69, 9.17) is 25.8 Å². The molecule has 1 aromatic carbocycles. The highest BCUT2D eigenvalue weighted by Gasteiger charge is 2.52. The Morgan fingerprint density at radius 2 is 2.14 bits per heavy atom. The van der Waals surface area contributed by atoms with Crippen molar-refractivity contribution in [3.63, 3.8) is 0 Å². The van der Waals surface area contributed by atoms with E-state index < -0.39 is 5.79 Å². The van der Waals surface area contributed by atoms with Gasteiger partial charge in [-0.3, -0.25) is 4.79 Å². The van der Waals surface area contributed by atoms with E-state index in [2.05, 4.69) is 0 Å². The quantitative estimate of drug-likeness (QED) is 0.857. The number of carbonyl (C=O) groups is 1. The van der Waals surface area contributed by atoms with Crippen molar-refractivity contribution in [3.8, 4) is 5.75 Å². The van der Waals surface area contributed by atoms with Crippen LogP contribution >= 0.6 is 11.6 Å². The van der Waals surface area contributed by atoms with Crippen molar-refractivity contribution in [3.05, 3.63) is 23.2 Å². The maximum absolute atomic E-state index is 12.9. The number of carbonyl (C=O) groups excluding carboxylic acids is 1. The number of hydrogen-bond donors (Lipinski definition) is 0. The van der Waals surface area contributed by atoms with Crippen molar-refractivity contribution in [2.24, 2.45) is 5.92 Å². The summed E-state index contributed by atoms with van der Waals surface area (Å²) < 4.78 is 16.7. The Morgan fingerprint density at radius 3 is 2.77 bits per heavy atom. The molecule has 3 rings (SSSR count). The lowest BCUT2D eigenvalue weighted by atomic mass is 10.0. The van der Waals surface area contributed by atoms with Crippen LogP contribution in [0.4, 0.5) is 5.69 Å². The van der Waals surface area contributed by atoms with E-state index in [0.717, 1.165) is 24.9 Å². The third-order valence-corrected chi connectivity index (χ3v) is 4.77. The van der Waals surface area contributed by atoms with E-state index in [-0.39, 0.29) is 11.8 Å². The molecule has 5 nitrogen and oxygen atoms in total. The highest BCUT2D eigenvalue weighted by atomic mass is 35.5. The van der Waals surface area contributed by atoms with Gasteiger partial charge in [0.15, 0.2) is 5.79 Å². The number of hydrogen-bond acceptors (Lipinski definition) is 4. The number of ether oxygens (including phenoxy) is 3. The lowest BCUT2D eigenvalue weighted by Crippen LogP contribution is -2.45. The predicted molar refractivity (Wildman–Crippen MR) is 83.4 cm³/mol. The summed E-state index contributed by atoms with van der Waals surface area (Å²) in [6, 6.07) is 5.31. The van der Waals surface area contributed by atoms with Gasteiger partial charge in [0.25, 0.3) is 0 Å². The molecule has 2 fully saturated rings. The Morgan fingerprint density at radius 1 is 1.41 bits per heavy atom. The molecule has 6 heteroatoms. The molecule has 0 unspecified atom stereocenters. The minimum Gasteiger partial charge on any atom is -0.495 e. The van der Waals surface area contributed by atoms with Gasteiger partial charge in [-0.1, -0.05) is 11.6 Å². The van der Waals surface area contributed by atoms with Gasteiger partial charge in [-0.15, -0.1) is 0 Å². The van der Waals surface area contributed by atoms with Crippen LogP contribution in [0, 0.1) is 5.92 Å². The zero-order valence-corrected chi connectivity index (χ0v) is 13.6. The zero-order chi connectivity index (χ0) is 15.7. The second-order valence-corrected chi connectivity index (χ2v) is 6.08. The van der Waals surface area contributed by atoms with Gasteiger partial charge in [0, 0.05) is 19.2 Å². The highest BCUT2D eigenvalue weighted by Crippen LogP contribution is 2.43. The van der Waals surface area contributed by atoms with Gasteiger partial charge in [-0.05, 0) is 31.0 Å². The maximum atomic E-state index is 12.9. The molecule has 1 aromatic rings. The first-order chi connectivity index (χ1) is 10.6. The van der Waals surface area contributed by atoms with Crippen molar-refractivity contribution in [1.82, 2.24) is 0 Å². The molecule has 1 aliphatic carbocycles. The SMILES string of the molecule is COc1ccc(N(C)C(=O)[C@H]2CCCC23OCCO3)cc1Cl. The van der Waals surface area contributed by atoms with E-state index in [1.807, 2.05) is 6.07 Å². The smallest absolute Gasteiger partial charge is 0.235 e. The average Bonchev–Trinajstić information content (AvgIpc) is 3.16. The molecule has 1 aliphatic heterocycles. The number of methoxy groups -OCH3 is 1. The molecule has 0 radical (unpaired) electrons.